The maximum atomic E-state index is 13.5. The Morgan fingerprint density at radius 3 is 2.35 bits per heavy atom. The summed E-state index contributed by atoms with van der Waals surface area (Å²) in [5, 5.41) is 3.60. The average Bonchev–Trinajstić information content (AvgIpc) is 3.23. The van der Waals surface area contributed by atoms with Crippen molar-refractivity contribution in [3.05, 3.63) is 88.2 Å². The minimum atomic E-state index is -0.348. The van der Waals surface area contributed by atoms with Crippen molar-refractivity contribution in [3.63, 3.8) is 0 Å². The molecule has 0 fully saturated rings. The number of halogens is 2. The molecular weight excluding hydrogens is 471 g/mol. The van der Waals surface area contributed by atoms with Gasteiger partial charge in [0.25, 0.3) is 0 Å². The Labute approximate surface area is 211 Å². The number of urea groups is 1. The number of carbonyl (C=O) groups excluding carboxylic acids is 2. The number of anilines is 1. The average molecular weight is 501 g/mol. The van der Waals surface area contributed by atoms with Gasteiger partial charge in [0.15, 0.2) is 0 Å². The second-order valence-electron chi connectivity index (χ2n) is 8.18. The van der Waals surface area contributed by atoms with E-state index in [-0.39, 0.29) is 18.5 Å². The fourth-order valence-electron chi connectivity index (χ4n) is 3.53. The number of nitrogens with one attached hydrogen (secondary N) is 1. The van der Waals surface area contributed by atoms with Gasteiger partial charge in [-0.1, -0.05) is 66.9 Å². The molecule has 0 unspecified atom stereocenters. The minimum Gasteiger partial charge on any atom is -0.353 e. The van der Waals surface area contributed by atoms with Gasteiger partial charge in [-0.2, -0.15) is 0 Å². The Balaban J connectivity index is 1.76. The highest BCUT2D eigenvalue weighted by Gasteiger charge is 2.22. The molecule has 8 heteroatoms. The molecule has 0 saturated heterocycles. The van der Waals surface area contributed by atoms with Crippen molar-refractivity contribution in [2.24, 2.45) is 7.05 Å². The molecule has 0 atom stereocenters. The van der Waals surface area contributed by atoms with E-state index in [1.54, 1.807) is 28.0 Å². The summed E-state index contributed by atoms with van der Waals surface area (Å²) < 4.78 is 2.00. The smallest absolute Gasteiger partial charge is 0.322 e. The molecule has 0 saturated carbocycles. The highest BCUT2D eigenvalue weighted by atomic mass is 35.5. The zero-order valence-corrected chi connectivity index (χ0v) is 21.0. The van der Waals surface area contributed by atoms with Gasteiger partial charge in [0.2, 0.25) is 5.91 Å². The minimum absolute atomic E-state index is 0.0234. The van der Waals surface area contributed by atoms with E-state index < -0.39 is 0 Å². The fraction of sp³-hybridized carbons (Fsp3) is 0.308. The van der Waals surface area contributed by atoms with Gasteiger partial charge in [0, 0.05) is 37.7 Å². The van der Waals surface area contributed by atoms with Crippen LogP contribution in [0.15, 0.2) is 66.9 Å². The lowest BCUT2D eigenvalue weighted by Crippen LogP contribution is -2.44. The largest absolute Gasteiger partial charge is 0.353 e. The van der Waals surface area contributed by atoms with E-state index in [1.165, 1.54) is 0 Å². The van der Waals surface area contributed by atoms with Crippen LogP contribution in [0.4, 0.5) is 10.5 Å². The van der Waals surface area contributed by atoms with Crippen LogP contribution in [-0.4, -0.2) is 39.4 Å². The first-order valence-electron chi connectivity index (χ1n) is 11.3. The maximum absolute atomic E-state index is 13.5. The van der Waals surface area contributed by atoms with E-state index >= 15 is 0 Å². The summed E-state index contributed by atoms with van der Waals surface area (Å²) in [7, 11) is 1.96. The van der Waals surface area contributed by atoms with Crippen molar-refractivity contribution < 1.29 is 9.59 Å². The molecule has 0 aliphatic rings. The van der Waals surface area contributed by atoms with Gasteiger partial charge in [-0.25, -0.2) is 4.79 Å². The van der Waals surface area contributed by atoms with Crippen molar-refractivity contribution in [3.8, 4) is 0 Å². The molecule has 3 rings (SSSR count). The lowest BCUT2D eigenvalue weighted by Gasteiger charge is -2.28. The molecule has 3 aromatic rings. The fourth-order valence-corrected chi connectivity index (χ4v) is 3.83. The van der Waals surface area contributed by atoms with Crippen LogP contribution in [0.3, 0.4) is 0 Å². The van der Waals surface area contributed by atoms with Crippen LogP contribution in [0.1, 0.15) is 31.0 Å². The number of carbonyl (C=O) groups is 2. The number of aromatic nitrogens is 1. The van der Waals surface area contributed by atoms with E-state index in [0.29, 0.717) is 35.4 Å². The summed E-state index contributed by atoms with van der Waals surface area (Å²) in [6, 6.07) is 18.4. The summed E-state index contributed by atoms with van der Waals surface area (Å²) >= 11 is 12.1. The van der Waals surface area contributed by atoms with Crippen molar-refractivity contribution >= 4 is 40.8 Å². The van der Waals surface area contributed by atoms with Gasteiger partial charge >= 0.3 is 6.03 Å². The molecule has 0 aliphatic heterocycles. The molecule has 34 heavy (non-hydrogen) atoms. The summed E-state index contributed by atoms with van der Waals surface area (Å²) in [5.41, 5.74) is 2.58. The summed E-state index contributed by atoms with van der Waals surface area (Å²) in [6.07, 6.45) is 3.65. The predicted molar refractivity (Wildman–Crippen MR) is 138 cm³/mol. The van der Waals surface area contributed by atoms with E-state index in [9.17, 15) is 9.59 Å². The van der Waals surface area contributed by atoms with Gasteiger partial charge < -0.3 is 19.7 Å². The van der Waals surface area contributed by atoms with Gasteiger partial charge in [0.1, 0.15) is 6.54 Å². The lowest BCUT2D eigenvalue weighted by atomic mass is 10.2. The van der Waals surface area contributed by atoms with Crippen LogP contribution in [0.2, 0.25) is 10.0 Å². The van der Waals surface area contributed by atoms with Crippen LogP contribution in [0.25, 0.3) is 0 Å². The molecule has 6 nitrogen and oxygen atoms in total. The van der Waals surface area contributed by atoms with Crippen LogP contribution in [0, 0.1) is 0 Å². The molecule has 1 aromatic heterocycles. The molecule has 1 heterocycles. The Bertz CT molecular complexity index is 1100. The molecule has 3 amide bonds. The first-order valence-corrected chi connectivity index (χ1v) is 12.1. The number of unbranched alkanes of at least 4 members (excludes halogenated alkanes) is 1. The molecule has 180 valence electrons. The number of benzene rings is 2. The Hall–Kier alpha value is -2.96. The number of hydrogen-bond acceptors (Lipinski definition) is 2. The van der Waals surface area contributed by atoms with Crippen molar-refractivity contribution in [2.45, 2.75) is 32.9 Å². The Morgan fingerprint density at radius 1 is 0.941 bits per heavy atom. The van der Waals surface area contributed by atoms with Gasteiger partial charge in [-0.15, -0.1) is 0 Å². The van der Waals surface area contributed by atoms with Gasteiger partial charge in [0.05, 0.1) is 16.6 Å². The molecule has 0 aliphatic carbocycles. The lowest BCUT2D eigenvalue weighted by molar-refractivity contribution is -0.133. The molecule has 0 bridgehead atoms. The highest BCUT2D eigenvalue weighted by Crippen LogP contribution is 2.25. The standard InChI is InChI=1S/C26H30Cl2N4O2/c1-3-4-15-31(26(34)29-21-12-13-23(27)24(28)16-21)19-25(33)32(17-20-9-6-5-7-10-20)18-22-11-8-14-30(22)2/h5-14,16H,3-4,15,17-19H2,1-2H3,(H,29,34). The third kappa shape index (κ3) is 7.27. The number of rotatable bonds is 10. The Morgan fingerprint density at radius 2 is 1.71 bits per heavy atom. The van der Waals surface area contributed by atoms with E-state index in [1.807, 2.05) is 67.2 Å². The predicted octanol–water partition coefficient (Wildman–Crippen LogP) is 6.19. The molecule has 0 radical (unpaired) electrons. The first kappa shape index (κ1) is 25.7. The molecule has 1 N–H and O–H groups in total. The van der Waals surface area contributed by atoms with Crippen LogP contribution in [-0.2, 0) is 24.9 Å². The maximum Gasteiger partial charge on any atom is 0.322 e. The quantitative estimate of drug-likeness (QED) is 0.360. The number of hydrogen-bond donors (Lipinski definition) is 1. The molecular formula is C26H30Cl2N4O2. The highest BCUT2D eigenvalue weighted by molar-refractivity contribution is 6.42. The second kappa shape index (κ2) is 12.5. The van der Waals surface area contributed by atoms with Crippen molar-refractivity contribution in [1.29, 1.82) is 0 Å². The summed E-state index contributed by atoms with van der Waals surface area (Å²) in [6.45, 7) is 3.41. The third-order valence-electron chi connectivity index (χ3n) is 5.54. The van der Waals surface area contributed by atoms with Crippen molar-refractivity contribution in [1.82, 2.24) is 14.4 Å². The van der Waals surface area contributed by atoms with Gasteiger partial charge in [-0.05, 0) is 42.3 Å². The number of aryl methyl sites for hydroxylation is 1. The monoisotopic (exact) mass is 500 g/mol. The third-order valence-corrected chi connectivity index (χ3v) is 6.28. The Kier molecular flexibility index (Phi) is 9.42. The number of amides is 3. The van der Waals surface area contributed by atoms with E-state index in [2.05, 4.69) is 5.32 Å². The van der Waals surface area contributed by atoms with E-state index in [4.69, 9.17) is 23.2 Å². The topological polar surface area (TPSA) is 57.6 Å². The van der Waals surface area contributed by atoms with Crippen LogP contribution in [0.5, 0.6) is 0 Å². The number of nitrogens with zero attached hydrogens (tertiary/aromatic N) is 3. The first-order chi connectivity index (χ1) is 16.4. The zero-order chi connectivity index (χ0) is 24.5. The van der Waals surface area contributed by atoms with Crippen molar-refractivity contribution in [2.75, 3.05) is 18.4 Å². The van der Waals surface area contributed by atoms with Gasteiger partial charge in [-0.3, -0.25) is 4.79 Å². The summed E-state index contributed by atoms with van der Waals surface area (Å²) in [4.78, 5) is 29.9. The molecule has 2 aromatic carbocycles. The SMILES string of the molecule is CCCCN(CC(=O)N(Cc1ccccc1)Cc1cccn1C)C(=O)Nc1ccc(Cl)c(Cl)c1. The van der Waals surface area contributed by atoms with Crippen LogP contribution >= 0.6 is 23.2 Å². The van der Waals surface area contributed by atoms with Crippen LogP contribution < -0.4 is 5.32 Å². The van der Waals surface area contributed by atoms with E-state index in [0.717, 1.165) is 24.1 Å². The second-order valence-corrected chi connectivity index (χ2v) is 8.99. The summed E-state index contributed by atoms with van der Waals surface area (Å²) in [5.74, 6) is -0.120. The normalized spacial score (nSPS) is 10.7. The molecule has 0 spiro atoms. The zero-order valence-electron chi connectivity index (χ0n) is 19.5.